The van der Waals surface area contributed by atoms with Gasteiger partial charge in [0.15, 0.2) is 0 Å². The van der Waals surface area contributed by atoms with E-state index in [0.717, 1.165) is 30.9 Å². The van der Waals surface area contributed by atoms with Gasteiger partial charge in [0, 0.05) is 26.4 Å². The zero-order valence-corrected chi connectivity index (χ0v) is 12.1. The second-order valence-corrected chi connectivity index (χ2v) is 5.11. The van der Waals surface area contributed by atoms with Crippen molar-refractivity contribution in [2.45, 2.75) is 18.9 Å². The summed E-state index contributed by atoms with van der Waals surface area (Å²) in [7, 11) is 3.48. The highest BCUT2D eigenvalue weighted by molar-refractivity contribution is 5.80. The third kappa shape index (κ3) is 4.42. The molecule has 1 N–H and O–H groups in total. The summed E-state index contributed by atoms with van der Waals surface area (Å²) < 4.78 is 11.2. The molecule has 1 saturated heterocycles. The third-order valence-electron chi connectivity index (χ3n) is 3.26. The molecule has 1 amide bonds. The molecule has 0 saturated carbocycles. The van der Waals surface area contributed by atoms with Crippen LogP contribution in [-0.2, 0) is 9.53 Å². The highest BCUT2D eigenvalue weighted by Gasteiger charge is 2.15. The Hall–Kier alpha value is -1.75. The lowest BCUT2D eigenvalue weighted by molar-refractivity contribution is -0.126. The number of benzene rings is 1. The summed E-state index contributed by atoms with van der Waals surface area (Å²) in [4.78, 5) is 13.0. The second-order valence-electron chi connectivity index (χ2n) is 5.11. The highest BCUT2D eigenvalue weighted by Crippen LogP contribution is 2.18. The van der Waals surface area contributed by atoms with E-state index in [1.165, 1.54) is 0 Å². The van der Waals surface area contributed by atoms with E-state index in [-0.39, 0.29) is 12.0 Å². The topological polar surface area (TPSA) is 50.8 Å². The van der Waals surface area contributed by atoms with Crippen molar-refractivity contribution in [3.63, 3.8) is 0 Å². The first-order valence-corrected chi connectivity index (χ1v) is 6.93. The van der Waals surface area contributed by atoms with Crippen molar-refractivity contribution in [1.82, 2.24) is 4.90 Å². The number of rotatable bonds is 6. The molecule has 1 aliphatic heterocycles. The Balaban J connectivity index is 1.75. The number of carbonyl (C=O) groups excluding carboxylic acids is 1. The minimum absolute atomic E-state index is 0.0451. The number of amides is 1. The summed E-state index contributed by atoms with van der Waals surface area (Å²) >= 11 is 0. The average molecular weight is 278 g/mol. The van der Waals surface area contributed by atoms with Crippen LogP contribution in [0.3, 0.4) is 0 Å². The number of ether oxygens (including phenoxy) is 2. The van der Waals surface area contributed by atoms with Crippen LogP contribution in [0.4, 0.5) is 5.69 Å². The fourth-order valence-electron chi connectivity index (χ4n) is 1.97. The number of nitrogens with one attached hydrogen (secondary N) is 1. The predicted molar refractivity (Wildman–Crippen MR) is 78.1 cm³/mol. The SMILES string of the molecule is CN(C)C(=O)CNc1ccc(OCC2CCCO2)cc1. The van der Waals surface area contributed by atoms with Crippen molar-refractivity contribution in [2.24, 2.45) is 0 Å². The molecular formula is C15H22N2O3. The van der Waals surface area contributed by atoms with E-state index in [9.17, 15) is 4.79 Å². The first-order valence-electron chi connectivity index (χ1n) is 6.93. The van der Waals surface area contributed by atoms with Crippen molar-refractivity contribution >= 4 is 11.6 Å². The summed E-state index contributed by atoms with van der Waals surface area (Å²) in [6.07, 6.45) is 2.42. The first-order chi connectivity index (χ1) is 9.65. The molecule has 0 bridgehead atoms. The van der Waals surface area contributed by atoms with Gasteiger partial charge >= 0.3 is 0 Å². The second kappa shape index (κ2) is 7.14. The third-order valence-corrected chi connectivity index (χ3v) is 3.26. The quantitative estimate of drug-likeness (QED) is 0.861. The maximum absolute atomic E-state index is 11.5. The van der Waals surface area contributed by atoms with E-state index in [1.54, 1.807) is 19.0 Å². The van der Waals surface area contributed by atoms with E-state index < -0.39 is 0 Å². The normalized spacial score (nSPS) is 17.8. The molecule has 0 radical (unpaired) electrons. The minimum Gasteiger partial charge on any atom is -0.491 e. The number of nitrogens with zero attached hydrogens (tertiary/aromatic N) is 1. The lowest BCUT2D eigenvalue weighted by atomic mass is 10.2. The Kier molecular flexibility index (Phi) is 5.24. The molecule has 1 aromatic carbocycles. The Morgan fingerprint density at radius 2 is 2.15 bits per heavy atom. The summed E-state index contributed by atoms with van der Waals surface area (Å²) in [5, 5.41) is 3.08. The number of anilines is 1. The maximum Gasteiger partial charge on any atom is 0.241 e. The smallest absolute Gasteiger partial charge is 0.241 e. The van der Waals surface area contributed by atoms with E-state index in [0.29, 0.717) is 13.2 Å². The van der Waals surface area contributed by atoms with Crippen LogP contribution < -0.4 is 10.1 Å². The van der Waals surface area contributed by atoms with Crippen molar-refractivity contribution in [3.8, 4) is 5.75 Å². The number of carbonyl (C=O) groups is 1. The molecule has 1 aliphatic rings. The molecule has 20 heavy (non-hydrogen) atoms. The van der Waals surface area contributed by atoms with Crippen molar-refractivity contribution in [2.75, 3.05) is 39.2 Å². The van der Waals surface area contributed by atoms with Crippen LogP contribution in [0.15, 0.2) is 24.3 Å². The maximum atomic E-state index is 11.5. The average Bonchev–Trinajstić information content (AvgIpc) is 2.96. The molecule has 1 atom stereocenters. The van der Waals surface area contributed by atoms with Gasteiger partial charge in [0.1, 0.15) is 12.4 Å². The van der Waals surface area contributed by atoms with Gasteiger partial charge in [-0.05, 0) is 37.1 Å². The molecular weight excluding hydrogens is 256 g/mol. The molecule has 0 spiro atoms. The van der Waals surface area contributed by atoms with Gasteiger partial charge in [0.05, 0.1) is 12.6 Å². The lowest BCUT2D eigenvalue weighted by Gasteiger charge is -2.13. The largest absolute Gasteiger partial charge is 0.491 e. The molecule has 1 heterocycles. The highest BCUT2D eigenvalue weighted by atomic mass is 16.5. The summed E-state index contributed by atoms with van der Waals surface area (Å²) in [6, 6.07) is 7.62. The van der Waals surface area contributed by atoms with Crippen LogP contribution in [0.25, 0.3) is 0 Å². The van der Waals surface area contributed by atoms with Crippen LogP contribution in [0.1, 0.15) is 12.8 Å². The Labute approximate surface area is 119 Å². The van der Waals surface area contributed by atoms with E-state index in [4.69, 9.17) is 9.47 Å². The van der Waals surface area contributed by atoms with Gasteiger partial charge in [-0.3, -0.25) is 4.79 Å². The van der Waals surface area contributed by atoms with Crippen molar-refractivity contribution in [1.29, 1.82) is 0 Å². The summed E-state index contributed by atoms with van der Waals surface area (Å²) in [6.45, 7) is 1.74. The van der Waals surface area contributed by atoms with Crippen LogP contribution in [0.2, 0.25) is 0 Å². The standard InChI is InChI=1S/C15H22N2O3/c1-17(2)15(18)10-16-12-5-7-13(8-6-12)20-11-14-4-3-9-19-14/h5-8,14,16H,3-4,9-11H2,1-2H3. The molecule has 1 fully saturated rings. The Morgan fingerprint density at radius 3 is 2.75 bits per heavy atom. The van der Waals surface area contributed by atoms with Crippen molar-refractivity contribution in [3.05, 3.63) is 24.3 Å². The zero-order valence-electron chi connectivity index (χ0n) is 12.1. The lowest BCUT2D eigenvalue weighted by Crippen LogP contribution is -2.28. The van der Waals surface area contributed by atoms with Crippen LogP contribution in [-0.4, -0.2) is 50.8 Å². The van der Waals surface area contributed by atoms with E-state index in [2.05, 4.69) is 5.32 Å². The van der Waals surface area contributed by atoms with Gasteiger partial charge in [-0.15, -0.1) is 0 Å². The summed E-state index contributed by atoms with van der Waals surface area (Å²) in [5.41, 5.74) is 0.907. The Morgan fingerprint density at radius 1 is 1.40 bits per heavy atom. The monoisotopic (exact) mass is 278 g/mol. The van der Waals surface area contributed by atoms with Gasteiger partial charge < -0.3 is 19.7 Å². The molecule has 0 aromatic heterocycles. The zero-order chi connectivity index (χ0) is 14.4. The van der Waals surface area contributed by atoms with Crippen LogP contribution in [0.5, 0.6) is 5.75 Å². The van der Waals surface area contributed by atoms with Crippen LogP contribution in [0, 0.1) is 0 Å². The van der Waals surface area contributed by atoms with Gasteiger partial charge in [0.25, 0.3) is 0 Å². The number of likely N-dealkylation sites (N-methyl/N-ethyl adjacent to an activating group) is 1. The molecule has 2 rings (SSSR count). The number of hydrogen-bond donors (Lipinski definition) is 1. The molecule has 110 valence electrons. The summed E-state index contributed by atoms with van der Waals surface area (Å²) in [5.74, 6) is 0.869. The van der Waals surface area contributed by atoms with E-state index in [1.807, 2.05) is 24.3 Å². The minimum atomic E-state index is 0.0451. The van der Waals surface area contributed by atoms with E-state index >= 15 is 0 Å². The van der Waals surface area contributed by atoms with Gasteiger partial charge in [-0.2, -0.15) is 0 Å². The molecule has 1 unspecified atom stereocenters. The molecule has 5 heteroatoms. The molecule has 5 nitrogen and oxygen atoms in total. The fourth-order valence-corrected chi connectivity index (χ4v) is 1.97. The predicted octanol–water partition coefficient (Wildman–Crippen LogP) is 1.74. The van der Waals surface area contributed by atoms with Gasteiger partial charge in [0.2, 0.25) is 5.91 Å². The van der Waals surface area contributed by atoms with Gasteiger partial charge in [-0.1, -0.05) is 0 Å². The molecule has 1 aromatic rings. The van der Waals surface area contributed by atoms with Crippen molar-refractivity contribution < 1.29 is 14.3 Å². The fraction of sp³-hybridized carbons (Fsp3) is 0.533. The van der Waals surface area contributed by atoms with Gasteiger partial charge in [-0.25, -0.2) is 0 Å². The Bertz CT molecular complexity index is 425. The molecule has 0 aliphatic carbocycles. The first kappa shape index (κ1) is 14.7. The van der Waals surface area contributed by atoms with Crippen LogP contribution >= 0.6 is 0 Å². The number of hydrogen-bond acceptors (Lipinski definition) is 4.